The number of anilines is 1. The van der Waals surface area contributed by atoms with E-state index in [9.17, 15) is 9.59 Å². The van der Waals surface area contributed by atoms with Crippen LogP contribution in [-0.2, 0) is 9.59 Å². The van der Waals surface area contributed by atoms with Gasteiger partial charge in [-0.2, -0.15) is 0 Å². The van der Waals surface area contributed by atoms with E-state index in [1.54, 1.807) is 25.1 Å². The summed E-state index contributed by atoms with van der Waals surface area (Å²) in [6, 6.07) is 4.75. The van der Waals surface area contributed by atoms with E-state index >= 15 is 0 Å². The second kappa shape index (κ2) is 4.81. The Morgan fingerprint density at radius 3 is 2.82 bits per heavy atom. The number of hydrogen-bond acceptors (Lipinski definition) is 2. The van der Waals surface area contributed by atoms with E-state index in [-0.39, 0.29) is 18.4 Å². The molecule has 90 valence electrons. The number of carbonyl (C=O) groups excluding carboxylic acids is 2. The molecular weight excluding hydrogens is 354 g/mol. The van der Waals surface area contributed by atoms with Crippen molar-refractivity contribution in [3.63, 3.8) is 0 Å². The first-order valence-electron chi connectivity index (χ1n) is 5.05. The van der Waals surface area contributed by atoms with Gasteiger partial charge in [0.2, 0.25) is 11.8 Å². The molecular formula is C11H10ClIN2O2. The maximum Gasteiger partial charge on any atom is 0.247 e. The topological polar surface area (TPSA) is 49.4 Å². The lowest BCUT2D eigenvalue weighted by molar-refractivity contribution is -0.130. The van der Waals surface area contributed by atoms with E-state index in [0.29, 0.717) is 5.02 Å². The van der Waals surface area contributed by atoms with Crippen molar-refractivity contribution in [1.29, 1.82) is 0 Å². The number of halogens is 2. The Morgan fingerprint density at radius 1 is 1.47 bits per heavy atom. The van der Waals surface area contributed by atoms with E-state index in [4.69, 9.17) is 11.6 Å². The predicted molar refractivity (Wildman–Crippen MR) is 74.1 cm³/mol. The first-order valence-corrected chi connectivity index (χ1v) is 6.51. The van der Waals surface area contributed by atoms with Gasteiger partial charge in [-0.25, -0.2) is 0 Å². The monoisotopic (exact) mass is 364 g/mol. The summed E-state index contributed by atoms with van der Waals surface area (Å²) >= 11 is 7.98. The molecule has 1 heterocycles. The van der Waals surface area contributed by atoms with Crippen molar-refractivity contribution >= 4 is 51.7 Å². The molecule has 0 radical (unpaired) electrons. The Labute approximate surface area is 117 Å². The number of nitrogens with one attached hydrogen (secondary N) is 1. The molecule has 0 bridgehead atoms. The van der Waals surface area contributed by atoms with Crippen LogP contribution in [0.25, 0.3) is 0 Å². The van der Waals surface area contributed by atoms with Gasteiger partial charge in [-0.1, -0.05) is 11.6 Å². The third-order valence-corrected chi connectivity index (χ3v) is 3.72. The highest BCUT2D eigenvalue weighted by atomic mass is 127. The third kappa shape index (κ3) is 2.40. The SMILES string of the molecule is CC1C(=O)NCC(=O)N1c1ccc(Cl)cc1I. The largest absolute Gasteiger partial charge is 0.345 e. The molecule has 1 aromatic rings. The summed E-state index contributed by atoms with van der Waals surface area (Å²) in [4.78, 5) is 24.9. The van der Waals surface area contributed by atoms with Gasteiger partial charge in [0.05, 0.1) is 12.2 Å². The van der Waals surface area contributed by atoms with Gasteiger partial charge in [-0.15, -0.1) is 0 Å². The highest BCUT2D eigenvalue weighted by Crippen LogP contribution is 2.28. The Kier molecular flexibility index (Phi) is 3.58. The van der Waals surface area contributed by atoms with Crippen LogP contribution in [-0.4, -0.2) is 24.4 Å². The zero-order valence-corrected chi connectivity index (χ0v) is 11.9. The standard InChI is InChI=1S/C11H10ClIN2O2/c1-6-11(17)14-5-10(16)15(6)9-3-2-7(12)4-8(9)13/h2-4,6H,5H2,1H3,(H,14,17). The smallest absolute Gasteiger partial charge is 0.247 e. The lowest BCUT2D eigenvalue weighted by atomic mass is 10.1. The van der Waals surface area contributed by atoms with E-state index in [1.807, 2.05) is 0 Å². The number of nitrogens with zero attached hydrogens (tertiary/aromatic N) is 1. The van der Waals surface area contributed by atoms with Gasteiger partial charge in [0, 0.05) is 8.59 Å². The number of rotatable bonds is 1. The van der Waals surface area contributed by atoms with Crippen molar-refractivity contribution in [2.24, 2.45) is 0 Å². The molecule has 1 unspecified atom stereocenters. The minimum Gasteiger partial charge on any atom is -0.345 e. The molecule has 0 saturated carbocycles. The summed E-state index contributed by atoms with van der Waals surface area (Å²) in [5.74, 6) is -0.257. The van der Waals surface area contributed by atoms with Gasteiger partial charge in [-0.05, 0) is 47.7 Å². The van der Waals surface area contributed by atoms with E-state index in [2.05, 4.69) is 27.9 Å². The van der Waals surface area contributed by atoms with Crippen LogP contribution in [0.5, 0.6) is 0 Å². The summed E-state index contributed by atoms with van der Waals surface area (Å²) in [5, 5.41) is 3.16. The van der Waals surface area contributed by atoms with Crippen LogP contribution in [0.1, 0.15) is 6.92 Å². The second-order valence-electron chi connectivity index (χ2n) is 3.75. The lowest BCUT2D eigenvalue weighted by Gasteiger charge is -2.33. The van der Waals surface area contributed by atoms with Crippen molar-refractivity contribution in [3.05, 3.63) is 26.8 Å². The molecule has 2 amide bonds. The zero-order valence-electron chi connectivity index (χ0n) is 9.04. The third-order valence-electron chi connectivity index (χ3n) is 2.62. The Morgan fingerprint density at radius 2 is 2.18 bits per heavy atom. The van der Waals surface area contributed by atoms with Crippen LogP contribution in [0.3, 0.4) is 0 Å². The number of carbonyl (C=O) groups is 2. The second-order valence-corrected chi connectivity index (χ2v) is 5.35. The normalized spacial score (nSPS) is 20.4. The maximum absolute atomic E-state index is 11.9. The van der Waals surface area contributed by atoms with E-state index < -0.39 is 6.04 Å². The Hall–Kier alpha value is -0.820. The zero-order chi connectivity index (χ0) is 12.6. The highest BCUT2D eigenvalue weighted by Gasteiger charge is 2.32. The fourth-order valence-electron chi connectivity index (χ4n) is 1.75. The first kappa shape index (κ1) is 12.6. The molecule has 4 nitrogen and oxygen atoms in total. The van der Waals surface area contributed by atoms with Crippen molar-refractivity contribution in [3.8, 4) is 0 Å². The van der Waals surface area contributed by atoms with Crippen LogP contribution in [0.15, 0.2) is 18.2 Å². The van der Waals surface area contributed by atoms with Crippen LogP contribution < -0.4 is 10.2 Å². The number of hydrogen-bond donors (Lipinski definition) is 1. The average Bonchev–Trinajstić information content (AvgIpc) is 2.27. The molecule has 2 rings (SSSR count). The Bertz CT molecular complexity index is 492. The minimum absolute atomic E-state index is 0.0435. The van der Waals surface area contributed by atoms with Gasteiger partial charge in [0.15, 0.2) is 0 Å². The summed E-state index contributed by atoms with van der Waals surface area (Å²) in [6.45, 7) is 1.75. The molecule has 1 N–H and O–H groups in total. The van der Waals surface area contributed by atoms with Crippen molar-refractivity contribution in [2.75, 3.05) is 11.4 Å². The molecule has 1 saturated heterocycles. The first-order chi connectivity index (χ1) is 8.00. The molecule has 0 aromatic heterocycles. The number of benzene rings is 1. The highest BCUT2D eigenvalue weighted by molar-refractivity contribution is 14.1. The van der Waals surface area contributed by atoms with Crippen molar-refractivity contribution in [2.45, 2.75) is 13.0 Å². The maximum atomic E-state index is 11.9. The fourth-order valence-corrected chi connectivity index (χ4v) is 2.88. The summed E-state index contributed by atoms with van der Waals surface area (Å²) in [7, 11) is 0. The molecule has 1 aliphatic heterocycles. The van der Waals surface area contributed by atoms with Crippen LogP contribution in [0.2, 0.25) is 5.02 Å². The van der Waals surface area contributed by atoms with Gasteiger partial charge in [0.1, 0.15) is 6.04 Å². The van der Waals surface area contributed by atoms with E-state index in [0.717, 1.165) is 9.26 Å². The van der Waals surface area contributed by atoms with Gasteiger partial charge in [0.25, 0.3) is 0 Å². The molecule has 1 atom stereocenters. The number of piperazine rings is 1. The quantitative estimate of drug-likeness (QED) is 0.773. The molecule has 1 aromatic carbocycles. The lowest BCUT2D eigenvalue weighted by Crippen LogP contribution is -2.57. The van der Waals surface area contributed by atoms with Gasteiger partial charge in [-0.3, -0.25) is 14.5 Å². The van der Waals surface area contributed by atoms with Gasteiger partial charge >= 0.3 is 0 Å². The van der Waals surface area contributed by atoms with Gasteiger partial charge < -0.3 is 5.32 Å². The minimum atomic E-state index is -0.494. The average molecular weight is 365 g/mol. The Balaban J connectivity index is 2.43. The number of amides is 2. The van der Waals surface area contributed by atoms with Crippen LogP contribution >= 0.6 is 34.2 Å². The summed E-state index contributed by atoms with van der Waals surface area (Å²) in [6.07, 6.45) is 0. The molecule has 1 fully saturated rings. The van der Waals surface area contributed by atoms with Crippen molar-refractivity contribution in [1.82, 2.24) is 5.32 Å². The molecule has 6 heteroatoms. The van der Waals surface area contributed by atoms with Crippen LogP contribution in [0.4, 0.5) is 5.69 Å². The van der Waals surface area contributed by atoms with Crippen molar-refractivity contribution < 1.29 is 9.59 Å². The summed E-state index contributed by atoms with van der Waals surface area (Å²) in [5.41, 5.74) is 0.724. The van der Waals surface area contributed by atoms with E-state index in [1.165, 1.54) is 4.90 Å². The molecule has 1 aliphatic rings. The predicted octanol–water partition coefficient (Wildman–Crippen LogP) is 1.80. The fraction of sp³-hybridized carbons (Fsp3) is 0.273. The molecule has 0 spiro atoms. The summed E-state index contributed by atoms with van der Waals surface area (Å²) < 4.78 is 0.852. The molecule has 0 aliphatic carbocycles. The molecule has 17 heavy (non-hydrogen) atoms. The van der Waals surface area contributed by atoms with Crippen LogP contribution in [0, 0.1) is 3.57 Å².